The maximum Gasteiger partial charge on any atom is 0.236 e. The van der Waals surface area contributed by atoms with Crippen molar-refractivity contribution in [3.63, 3.8) is 0 Å². The lowest BCUT2D eigenvalue weighted by atomic mass is 9.88. The number of rotatable bonds is 6. The van der Waals surface area contributed by atoms with Gasteiger partial charge in [0.05, 0.1) is 22.3 Å². The zero-order chi connectivity index (χ0) is 36.3. The van der Waals surface area contributed by atoms with E-state index in [4.69, 9.17) is 19.4 Å². The lowest BCUT2D eigenvalue weighted by Crippen LogP contribution is -2.18. The second kappa shape index (κ2) is 12.5. The number of para-hydroxylation sites is 3. The average molecular weight is 682 g/mol. The molecule has 0 N–H and O–H groups in total. The summed E-state index contributed by atoms with van der Waals surface area (Å²) in [6.07, 6.45) is 0. The number of fused-ring (bicyclic) bond motifs is 4. The molecular formula is C44H39N7O. The summed E-state index contributed by atoms with van der Waals surface area (Å²) in [7, 11) is 0. The van der Waals surface area contributed by atoms with Crippen LogP contribution in [0.5, 0.6) is 0 Å². The Morgan fingerprint density at radius 2 is 1.40 bits per heavy atom. The lowest BCUT2D eigenvalue weighted by molar-refractivity contribution is 0.541. The molecule has 4 aromatic heterocycles. The Morgan fingerprint density at radius 3 is 2.10 bits per heavy atom. The summed E-state index contributed by atoms with van der Waals surface area (Å²) in [4.78, 5) is 23.6. The number of imidazole rings is 1. The predicted molar refractivity (Wildman–Crippen MR) is 207 cm³/mol. The third kappa shape index (κ3) is 5.59. The summed E-state index contributed by atoms with van der Waals surface area (Å²) in [5.74, 6) is 2.20. The molecule has 8 heteroatoms. The summed E-state index contributed by atoms with van der Waals surface area (Å²) in [6, 6.07) is 35.7. The van der Waals surface area contributed by atoms with Crippen molar-refractivity contribution in [1.82, 2.24) is 29.5 Å². The largest absolute Gasteiger partial charge is 0.437 e. The fraction of sp³-hybridized carbons (Fsp3) is 0.227. The van der Waals surface area contributed by atoms with Crippen LogP contribution in [0, 0.1) is 11.3 Å². The van der Waals surface area contributed by atoms with Crippen LogP contribution in [0.3, 0.4) is 0 Å². The Kier molecular flexibility index (Phi) is 7.95. The molecular weight excluding hydrogens is 643 g/mol. The van der Waals surface area contributed by atoms with E-state index in [0.29, 0.717) is 28.6 Å². The van der Waals surface area contributed by atoms with Crippen molar-refractivity contribution in [2.24, 2.45) is 0 Å². The molecule has 0 atom stereocenters. The van der Waals surface area contributed by atoms with Gasteiger partial charge in [0.15, 0.2) is 5.82 Å². The van der Waals surface area contributed by atoms with Gasteiger partial charge in [-0.05, 0) is 76.6 Å². The Bertz CT molecular complexity index is 2660. The highest BCUT2D eigenvalue weighted by molar-refractivity contribution is 6.09. The van der Waals surface area contributed by atoms with Crippen LogP contribution >= 0.6 is 0 Å². The number of nitrogens with zero attached hydrogens (tertiary/aromatic N) is 7. The van der Waals surface area contributed by atoms with Crippen molar-refractivity contribution in [2.45, 2.75) is 65.7 Å². The first-order chi connectivity index (χ1) is 25.0. The number of benzene rings is 4. The van der Waals surface area contributed by atoms with Crippen molar-refractivity contribution >= 4 is 33.1 Å². The monoisotopic (exact) mass is 681 g/mol. The number of furan rings is 1. The molecule has 0 fully saturated rings. The smallest absolute Gasteiger partial charge is 0.236 e. The van der Waals surface area contributed by atoms with Gasteiger partial charge < -0.3 is 4.42 Å². The molecule has 256 valence electrons. The molecule has 4 heterocycles. The van der Waals surface area contributed by atoms with E-state index in [0.717, 1.165) is 38.9 Å². The fourth-order valence-electron chi connectivity index (χ4n) is 6.90. The van der Waals surface area contributed by atoms with Crippen molar-refractivity contribution in [2.75, 3.05) is 0 Å². The van der Waals surface area contributed by atoms with E-state index in [1.165, 1.54) is 22.3 Å². The van der Waals surface area contributed by atoms with E-state index < -0.39 is 0 Å². The Balaban J connectivity index is 1.37. The van der Waals surface area contributed by atoms with Gasteiger partial charge in [-0.15, -0.1) is 0 Å². The van der Waals surface area contributed by atoms with Gasteiger partial charge in [0, 0.05) is 16.2 Å². The van der Waals surface area contributed by atoms with Gasteiger partial charge in [-0.2, -0.15) is 10.2 Å². The molecule has 0 bridgehead atoms. The van der Waals surface area contributed by atoms with Crippen LogP contribution < -0.4 is 0 Å². The molecule has 0 aliphatic rings. The molecule has 0 amide bonds. The van der Waals surface area contributed by atoms with Crippen LogP contribution in [0.1, 0.15) is 83.1 Å². The molecule has 8 nitrogen and oxygen atoms in total. The van der Waals surface area contributed by atoms with Gasteiger partial charge >= 0.3 is 0 Å². The van der Waals surface area contributed by atoms with Crippen molar-refractivity contribution in [3.8, 4) is 45.8 Å². The van der Waals surface area contributed by atoms with Crippen LogP contribution in [0.4, 0.5) is 0 Å². The van der Waals surface area contributed by atoms with E-state index in [-0.39, 0.29) is 23.1 Å². The SMILES string of the molecule is CC(C)c1cc(-c2ccccc2)cc(C(C)C)c1-n1c(-c2cccc3c2oc2nc(-c4nc(C#N)nc(C(C)(C)C)n4)ccc23)nc2ccccc21. The van der Waals surface area contributed by atoms with Crippen molar-refractivity contribution < 1.29 is 4.42 Å². The minimum atomic E-state index is -0.375. The highest BCUT2D eigenvalue weighted by atomic mass is 16.3. The van der Waals surface area contributed by atoms with Crippen molar-refractivity contribution in [1.29, 1.82) is 5.26 Å². The summed E-state index contributed by atoms with van der Waals surface area (Å²) in [5, 5.41) is 11.5. The molecule has 4 aromatic carbocycles. The molecule has 0 saturated carbocycles. The number of hydrogen-bond donors (Lipinski definition) is 0. The van der Waals surface area contributed by atoms with Crippen LogP contribution in [0.2, 0.25) is 0 Å². The third-order valence-electron chi connectivity index (χ3n) is 9.54. The minimum Gasteiger partial charge on any atom is -0.437 e. The fourth-order valence-corrected chi connectivity index (χ4v) is 6.90. The van der Waals surface area contributed by atoms with E-state index in [2.05, 4.69) is 127 Å². The quantitative estimate of drug-likeness (QED) is 0.172. The topological polar surface area (TPSA) is 106 Å². The standard InChI is InChI=1S/C44H39N7O/c1-25(2)32-22-28(27-14-9-8-10-15-27)23-33(26(3)4)38(32)51-36-19-12-11-18-34(36)46-41(51)31-17-13-16-29-30-20-21-35(47-42(30)52-39(29)31)40-48-37(24-45)49-43(50-40)44(5,6)7/h8-23,25-26H,1-7H3. The van der Waals surface area contributed by atoms with Gasteiger partial charge in [-0.3, -0.25) is 4.57 Å². The lowest BCUT2D eigenvalue weighted by Gasteiger charge is -2.24. The number of aromatic nitrogens is 6. The van der Waals surface area contributed by atoms with Gasteiger partial charge in [-0.25, -0.2) is 19.9 Å². The summed E-state index contributed by atoms with van der Waals surface area (Å²) in [5.41, 5.74) is 10.1. The van der Waals surface area contributed by atoms with E-state index in [1.807, 2.05) is 39.0 Å². The molecule has 52 heavy (non-hydrogen) atoms. The molecule has 0 saturated heterocycles. The zero-order valence-corrected chi connectivity index (χ0v) is 30.4. The second-order valence-electron chi connectivity index (χ2n) is 14.9. The maximum atomic E-state index is 9.67. The molecule has 8 rings (SSSR count). The highest BCUT2D eigenvalue weighted by Gasteiger charge is 2.26. The second-order valence-corrected chi connectivity index (χ2v) is 14.9. The van der Waals surface area contributed by atoms with E-state index in [1.54, 1.807) is 0 Å². The minimum absolute atomic E-state index is 0.0564. The number of pyridine rings is 1. The average Bonchev–Trinajstić information content (AvgIpc) is 3.72. The normalized spacial score (nSPS) is 12.1. The molecule has 0 unspecified atom stereocenters. The van der Waals surface area contributed by atoms with Crippen LogP contribution in [-0.2, 0) is 5.41 Å². The molecule has 0 aliphatic carbocycles. The summed E-state index contributed by atoms with van der Waals surface area (Å²) in [6.45, 7) is 15.1. The molecule has 0 spiro atoms. The third-order valence-corrected chi connectivity index (χ3v) is 9.54. The van der Waals surface area contributed by atoms with Gasteiger partial charge in [0.1, 0.15) is 29.0 Å². The molecule has 0 aliphatic heterocycles. The Hall–Kier alpha value is -6.20. The molecule has 8 aromatic rings. The first-order valence-corrected chi connectivity index (χ1v) is 17.7. The van der Waals surface area contributed by atoms with Crippen LogP contribution in [0.25, 0.3) is 72.8 Å². The maximum absolute atomic E-state index is 9.67. The Labute approximate surface area is 302 Å². The first-order valence-electron chi connectivity index (χ1n) is 17.7. The highest BCUT2D eigenvalue weighted by Crippen LogP contribution is 2.42. The predicted octanol–water partition coefficient (Wildman–Crippen LogP) is 10.9. The van der Waals surface area contributed by atoms with Gasteiger partial charge in [-0.1, -0.05) is 103 Å². The summed E-state index contributed by atoms with van der Waals surface area (Å²) < 4.78 is 9.00. The van der Waals surface area contributed by atoms with Gasteiger partial charge in [0.25, 0.3) is 0 Å². The van der Waals surface area contributed by atoms with Crippen molar-refractivity contribution in [3.05, 3.63) is 120 Å². The number of hydrogen-bond acceptors (Lipinski definition) is 7. The number of nitriles is 1. The van der Waals surface area contributed by atoms with Crippen LogP contribution in [-0.4, -0.2) is 29.5 Å². The summed E-state index contributed by atoms with van der Waals surface area (Å²) >= 11 is 0. The first kappa shape index (κ1) is 33.0. The van der Waals surface area contributed by atoms with E-state index >= 15 is 0 Å². The molecule has 0 radical (unpaired) electrons. The zero-order valence-electron chi connectivity index (χ0n) is 30.4. The Morgan fingerprint density at radius 1 is 0.692 bits per heavy atom. The van der Waals surface area contributed by atoms with Crippen LogP contribution in [0.15, 0.2) is 101 Å². The van der Waals surface area contributed by atoms with E-state index in [9.17, 15) is 5.26 Å². The van der Waals surface area contributed by atoms with Gasteiger partial charge in [0.2, 0.25) is 11.5 Å².